The van der Waals surface area contributed by atoms with E-state index in [9.17, 15) is 8.42 Å². The standard InChI is InChI=1S/C13H19NO2S/c1-5-10-14(3)11(2)12-6-8-13(9-7-12)17(4,15)16/h5-9,11H,1,10H2,2-4H3/t11-/m0/s1. The second-order valence-corrected chi connectivity index (χ2v) is 6.26. The molecular weight excluding hydrogens is 234 g/mol. The summed E-state index contributed by atoms with van der Waals surface area (Å²) in [7, 11) is -1.09. The average Bonchev–Trinajstić information content (AvgIpc) is 2.27. The highest BCUT2D eigenvalue weighted by Gasteiger charge is 2.12. The number of sulfone groups is 1. The molecule has 1 atom stereocenters. The summed E-state index contributed by atoms with van der Waals surface area (Å²) in [6.07, 6.45) is 3.07. The zero-order valence-electron chi connectivity index (χ0n) is 10.6. The average molecular weight is 253 g/mol. The van der Waals surface area contributed by atoms with Crippen LogP contribution in [0.3, 0.4) is 0 Å². The maximum absolute atomic E-state index is 11.3. The van der Waals surface area contributed by atoms with Crippen molar-refractivity contribution in [2.45, 2.75) is 17.9 Å². The van der Waals surface area contributed by atoms with E-state index in [4.69, 9.17) is 0 Å². The quantitative estimate of drug-likeness (QED) is 0.755. The first kappa shape index (κ1) is 13.9. The van der Waals surface area contributed by atoms with Crippen molar-refractivity contribution in [3.63, 3.8) is 0 Å². The predicted octanol–water partition coefficient (Wildman–Crippen LogP) is 2.27. The van der Waals surface area contributed by atoms with Crippen LogP contribution in [0.25, 0.3) is 0 Å². The summed E-state index contributed by atoms with van der Waals surface area (Å²) < 4.78 is 22.7. The first-order chi connectivity index (χ1) is 7.86. The van der Waals surface area contributed by atoms with Gasteiger partial charge in [0.1, 0.15) is 0 Å². The van der Waals surface area contributed by atoms with Gasteiger partial charge in [-0.25, -0.2) is 8.42 Å². The van der Waals surface area contributed by atoms with Gasteiger partial charge in [-0.15, -0.1) is 6.58 Å². The molecule has 0 radical (unpaired) electrons. The van der Waals surface area contributed by atoms with Crippen molar-refractivity contribution in [1.29, 1.82) is 0 Å². The molecule has 0 aliphatic rings. The lowest BCUT2D eigenvalue weighted by atomic mass is 10.1. The lowest BCUT2D eigenvalue weighted by Gasteiger charge is -2.23. The Morgan fingerprint density at radius 2 is 1.88 bits per heavy atom. The minimum atomic E-state index is -3.11. The Kier molecular flexibility index (Phi) is 4.48. The van der Waals surface area contributed by atoms with E-state index in [0.29, 0.717) is 4.90 Å². The van der Waals surface area contributed by atoms with Gasteiger partial charge in [0, 0.05) is 18.8 Å². The first-order valence-electron chi connectivity index (χ1n) is 5.47. The van der Waals surface area contributed by atoms with Gasteiger partial charge in [0.25, 0.3) is 0 Å². The molecule has 0 saturated heterocycles. The Balaban J connectivity index is 2.91. The molecule has 3 nitrogen and oxygen atoms in total. The van der Waals surface area contributed by atoms with Crippen LogP contribution in [0.5, 0.6) is 0 Å². The molecule has 0 bridgehead atoms. The van der Waals surface area contributed by atoms with Gasteiger partial charge >= 0.3 is 0 Å². The molecule has 0 fully saturated rings. The van der Waals surface area contributed by atoms with Crippen molar-refractivity contribution in [3.05, 3.63) is 42.5 Å². The molecule has 0 amide bonds. The zero-order chi connectivity index (χ0) is 13.1. The smallest absolute Gasteiger partial charge is 0.175 e. The lowest BCUT2D eigenvalue weighted by Crippen LogP contribution is -2.22. The summed E-state index contributed by atoms with van der Waals surface area (Å²) in [5.41, 5.74) is 1.10. The maximum Gasteiger partial charge on any atom is 0.175 e. The third-order valence-electron chi connectivity index (χ3n) is 2.87. The van der Waals surface area contributed by atoms with E-state index in [1.807, 2.05) is 25.3 Å². The van der Waals surface area contributed by atoms with Gasteiger partial charge in [-0.3, -0.25) is 4.90 Å². The van der Waals surface area contributed by atoms with Gasteiger partial charge in [-0.1, -0.05) is 18.2 Å². The van der Waals surface area contributed by atoms with Crippen LogP contribution in [0, 0.1) is 0 Å². The van der Waals surface area contributed by atoms with E-state index < -0.39 is 9.84 Å². The van der Waals surface area contributed by atoms with Crippen molar-refractivity contribution in [2.75, 3.05) is 19.8 Å². The van der Waals surface area contributed by atoms with Gasteiger partial charge in [-0.2, -0.15) is 0 Å². The Morgan fingerprint density at radius 3 is 2.29 bits per heavy atom. The highest BCUT2D eigenvalue weighted by Crippen LogP contribution is 2.20. The minimum Gasteiger partial charge on any atom is -0.296 e. The first-order valence-corrected chi connectivity index (χ1v) is 7.36. The fraction of sp³-hybridized carbons (Fsp3) is 0.385. The Morgan fingerprint density at radius 1 is 1.35 bits per heavy atom. The van der Waals surface area contributed by atoms with Crippen LogP contribution in [0.4, 0.5) is 0 Å². The van der Waals surface area contributed by atoms with Gasteiger partial charge in [0.15, 0.2) is 9.84 Å². The van der Waals surface area contributed by atoms with Crippen molar-refractivity contribution >= 4 is 9.84 Å². The minimum absolute atomic E-state index is 0.238. The number of rotatable bonds is 5. The van der Waals surface area contributed by atoms with Gasteiger partial charge < -0.3 is 0 Å². The van der Waals surface area contributed by atoms with Crippen LogP contribution in [0.1, 0.15) is 18.5 Å². The number of hydrogen-bond donors (Lipinski definition) is 0. The molecule has 1 aromatic rings. The van der Waals surface area contributed by atoms with Crippen molar-refractivity contribution in [2.24, 2.45) is 0 Å². The summed E-state index contributed by atoms with van der Waals surface area (Å²) in [6, 6.07) is 7.27. The fourth-order valence-electron chi connectivity index (χ4n) is 1.61. The molecule has 0 heterocycles. The molecule has 17 heavy (non-hydrogen) atoms. The third-order valence-corrected chi connectivity index (χ3v) is 4.00. The number of nitrogens with zero attached hydrogens (tertiary/aromatic N) is 1. The van der Waals surface area contributed by atoms with Gasteiger partial charge in [0.2, 0.25) is 0 Å². The van der Waals surface area contributed by atoms with Gasteiger partial charge in [-0.05, 0) is 31.7 Å². The second kappa shape index (κ2) is 5.47. The third kappa shape index (κ3) is 3.68. The predicted molar refractivity (Wildman–Crippen MR) is 70.8 cm³/mol. The molecule has 94 valence electrons. The van der Waals surface area contributed by atoms with E-state index in [0.717, 1.165) is 12.1 Å². The molecule has 0 saturated carbocycles. The Labute approximate surface area is 104 Å². The van der Waals surface area contributed by atoms with Crippen molar-refractivity contribution in [1.82, 2.24) is 4.90 Å². The lowest BCUT2D eigenvalue weighted by molar-refractivity contribution is 0.290. The summed E-state index contributed by atoms with van der Waals surface area (Å²) in [5.74, 6) is 0. The highest BCUT2D eigenvalue weighted by atomic mass is 32.2. The van der Waals surface area contributed by atoms with Crippen molar-refractivity contribution < 1.29 is 8.42 Å². The van der Waals surface area contributed by atoms with E-state index >= 15 is 0 Å². The van der Waals surface area contributed by atoms with Crippen LogP contribution < -0.4 is 0 Å². The van der Waals surface area contributed by atoms with Crippen LogP contribution in [-0.4, -0.2) is 33.2 Å². The number of hydrogen-bond acceptors (Lipinski definition) is 3. The second-order valence-electron chi connectivity index (χ2n) is 4.25. The Hall–Kier alpha value is -1.13. The summed E-state index contributed by atoms with van der Waals surface area (Å²) in [6.45, 7) is 6.59. The largest absolute Gasteiger partial charge is 0.296 e. The maximum atomic E-state index is 11.3. The molecule has 0 N–H and O–H groups in total. The van der Waals surface area contributed by atoms with E-state index in [2.05, 4.69) is 18.4 Å². The molecule has 1 rings (SSSR count). The van der Waals surface area contributed by atoms with Crippen LogP contribution >= 0.6 is 0 Å². The van der Waals surface area contributed by atoms with Crippen molar-refractivity contribution in [3.8, 4) is 0 Å². The van der Waals surface area contributed by atoms with E-state index in [-0.39, 0.29) is 6.04 Å². The molecule has 0 spiro atoms. The SMILES string of the molecule is C=CCN(C)[C@@H](C)c1ccc(S(C)(=O)=O)cc1. The summed E-state index contributed by atoms with van der Waals surface area (Å²) >= 11 is 0. The molecule has 1 aromatic carbocycles. The van der Waals surface area contributed by atoms with Crippen LogP contribution in [-0.2, 0) is 9.84 Å². The zero-order valence-corrected chi connectivity index (χ0v) is 11.4. The summed E-state index contributed by atoms with van der Waals surface area (Å²) in [5, 5.41) is 0. The topological polar surface area (TPSA) is 37.4 Å². The van der Waals surface area contributed by atoms with Crippen LogP contribution in [0.15, 0.2) is 41.8 Å². The monoisotopic (exact) mass is 253 g/mol. The van der Waals surface area contributed by atoms with E-state index in [1.54, 1.807) is 12.1 Å². The summed E-state index contributed by atoms with van der Waals surface area (Å²) in [4.78, 5) is 2.50. The molecule has 4 heteroatoms. The normalized spacial score (nSPS) is 13.6. The van der Waals surface area contributed by atoms with Crippen LogP contribution in [0.2, 0.25) is 0 Å². The van der Waals surface area contributed by atoms with Gasteiger partial charge in [0.05, 0.1) is 4.90 Å². The molecule has 0 aromatic heterocycles. The molecule has 0 aliphatic carbocycles. The Bertz CT molecular complexity index is 477. The number of likely N-dealkylation sites (N-methyl/N-ethyl adjacent to an activating group) is 1. The molecule has 0 unspecified atom stereocenters. The fourth-order valence-corrected chi connectivity index (χ4v) is 2.24. The molecule has 0 aliphatic heterocycles. The van der Waals surface area contributed by atoms with E-state index in [1.165, 1.54) is 6.26 Å². The number of benzene rings is 1. The highest BCUT2D eigenvalue weighted by molar-refractivity contribution is 7.90. The molecular formula is C13H19NO2S.